The van der Waals surface area contributed by atoms with Crippen molar-refractivity contribution in [3.8, 4) is 5.75 Å². The summed E-state index contributed by atoms with van der Waals surface area (Å²) in [5.41, 5.74) is 0.291. The minimum atomic E-state index is -0.907. The van der Waals surface area contributed by atoms with E-state index in [0.29, 0.717) is 12.2 Å². The minimum absolute atomic E-state index is 0.291. The van der Waals surface area contributed by atoms with E-state index in [0.717, 1.165) is 31.3 Å². The van der Waals surface area contributed by atoms with Crippen LogP contribution in [0, 0.1) is 5.92 Å². The molecule has 2 rings (SSSR count). The fourth-order valence-electron chi connectivity index (χ4n) is 2.53. The Hall–Kier alpha value is -1.55. The standard InChI is InChI=1S/C16H23NO3/c1-13-3-2-9-17(10-8-13)11-12-20-15-6-4-14(5-7-15)16(18)19/h4-7,13H,2-3,8-12H2,1H3,(H,18,19). The van der Waals surface area contributed by atoms with Crippen LogP contribution in [0.15, 0.2) is 24.3 Å². The SMILES string of the molecule is CC1CCCN(CCOc2ccc(C(=O)O)cc2)CC1. The lowest BCUT2D eigenvalue weighted by atomic mass is 10.0. The van der Waals surface area contributed by atoms with Crippen molar-refractivity contribution in [2.45, 2.75) is 26.2 Å². The van der Waals surface area contributed by atoms with Crippen molar-refractivity contribution in [3.05, 3.63) is 29.8 Å². The fraction of sp³-hybridized carbons (Fsp3) is 0.562. The van der Waals surface area contributed by atoms with Crippen LogP contribution in [-0.2, 0) is 0 Å². The highest BCUT2D eigenvalue weighted by atomic mass is 16.5. The van der Waals surface area contributed by atoms with E-state index in [9.17, 15) is 4.79 Å². The Balaban J connectivity index is 1.73. The predicted molar refractivity (Wildman–Crippen MR) is 78.4 cm³/mol. The van der Waals surface area contributed by atoms with E-state index in [1.165, 1.54) is 19.3 Å². The summed E-state index contributed by atoms with van der Waals surface area (Å²) in [7, 11) is 0. The second-order valence-electron chi connectivity index (χ2n) is 5.56. The Morgan fingerprint density at radius 1 is 1.30 bits per heavy atom. The van der Waals surface area contributed by atoms with Gasteiger partial charge in [-0.15, -0.1) is 0 Å². The molecule has 1 fully saturated rings. The molecule has 1 aromatic carbocycles. The van der Waals surface area contributed by atoms with Crippen molar-refractivity contribution in [2.24, 2.45) is 5.92 Å². The van der Waals surface area contributed by atoms with Gasteiger partial charge in [-0.05, 0) is 62.5 Å². The number of likely N-dealkylation sites (tertiary alicyclic amines) is 1. The molecule has 1 aliphatic rings. The van der Waals surface area contributed by atoms with Crippen molar-refractivity contribution in [1.29, 1.82) is 0 Å². The first-order valence-electron chi connectivity index (χ1n) is 7.33. The second-order valence-corrected chi connectivity index (χ2v) is 5.56. The lowest BCUT2D eigenvalue weighted by molar-refractivity contribution is 0.0697. The van der Waals surface area contributed by atoms with E-state index < -0.39 is 5.97 Å². The molecular weight excluding hydrogens is 254 g/mol. The smallest absolute Gasteiger partial charge is 0.335 e. The molecule has 1 atom stereocenters. The van der Waals surface area contributed by atoms with Crippen LogP contribution in [0.1, 0.15) is 36.5 Å². The van der Waals surface area contributed by atoms with Gasteiger partial charge >= 0.3 is 5.97 Å². The molecule has 1 N–H and O–H groups in total. The molecule has 20 heavy (non-hydrogen) atoms. The van der Waals surface area contributed by atoms with Gasteiger partial charge in [0.05, 0.1) is 5.56 Å². The summed E-state index contributed by atoms with van der Waals surface area (Å²) in [5, 5.41) is 8.82. The van der Waals surface area contributed by atoms with Gasteiger partial charge in [0, 0.05) is 6.54 Å². The molecule has 1 aliphatic heterocycles. The molecule has 0 bridgehead atoms. The number of carbonyl (C=O) groups is 1. The Bertz CT molecular complexity index is 430. The highest BCUT2D eigenvalue weighted by Gasteiger charge is 2.13. The number of aromatic carboxylic acids is 1. The first-order chi connectivity index (χ1) is 9.65. The van der Waals surface area contributed by atoms with E-state index in [-0.39, 0.29) is 0 Å². The van der Waals surface area contributed by atoms with Crippen LogP contribution >= 0.6 is 0 Å². The summed E-state index contributed by atoms with van der Waals surface area (Å²) < 4.78 is 5.68. The van der Waals surface area contributed by atoms with Crippen LogP contribution in [0.25, 0.3) is 0 Å². The quantitative estimate of drug-likeness (QED) is 0.899. The zero-order chi connectivity index (χ0) is 14.4. The molecule has 0 aliphatic carbocycles. The number of hydrogen-bond acceptors (Lipinski definition) is 3. The molecule has 4 nitrogen and oxygen atoms in total. The fourth-order valence-corrected chi connectivity index (χ4v) is 2.53. The molecule has 1 unspecified atom stereocenters. The lowest BCUT2D eigenvalue weighted by Gasteiger charge is -2.19. The zero-order valence-corrected chi connectivity index (χ0v) is 12.0. The molecule has 110 valence electrons. The summed E-state index contributed by atoms with van der Waals surface area (Å²) in [6.07, 6.45) is 3.87. The molecule has 0 aromatic heterocycles. The Kier molecular flexibility index (Phi) is 5.41. The van der Waals surface area contributed by atoms with E-state index >= 15 is 0 Å². The van der Waals surface area contributed by atoms with Gasteiger partial charge in [0.25, 0.3) is 0 Å². The van der Waals surface area contributed by atoms with Crippen molar-refractivity contribution in [3.63, 3.8) is 0 Å². The van der Waals surface area contributed by atoms with Gasteiger partial charge in [-0.1, -0.05) is 6.92 Å². The summed E-state index contributed by atoms with van der Waals surface area (Å²) in [6, 6.07) is 6.58. The largest absolute Gasteiger partial charge is 0.492 e. The van der Waals surface area contributed by atoms with Crippen LogP contribution in [0.5, 0.6) is 5.75 Å². The third-order valence-electron chi connectivity index (χ3n) is 3.89. The summed E-state index contributed by atoms with van der Waals surface area (Å²) in [5.74, 6) is 0.665. The van der Waals surface area contributed by atoms with Gasteiger partial charge in [0.1, 0.15) is 12.4 Å². The molecule has 1 aromatic rings. The molecule has 1 saturated heterocycles. The highest BCUT2D eigenvalue weighted by molar-refractivity contribution is 5.87. The van der Waals surface area contributed by atoms with Crippen molar-refractivity contribution in [2.75, 3.05) is 26.2 Å². The Morgan fingerprint density at radius 3 is 2.75 bits per heavy atom. The topological polar surface area (TPSA) is 49.8 Å². The van der Waals surface area contributed by atoms with Gasteiger partial charge in [-0.25, -0.2) is 4.79 Å². The third kappa shape index (κ3) is 4.53. The zero-order valence-electron chi connectivity index (χ0n) is 12.0. The van der Waals surface area contributed by atoms with E-state index in [1.54, 1.807) is 24.3 Å². The number of benzene rings is 1. The van der Waals surface area contributed by atoms with E-state index in [4.69, 9.17) is 9.84 Å². The van der Waals surface area contributed by atoms with Crippen LogP contribution in [0.4, 0.5) is 0 Å². The maximum Gasteiger partial charge on any atom is 0.335 e. The third-order valence-corrected chi connectivity index (χ3v) is 3.89. The lowest BCUT2D eigenvalue weighted by Crippen LogP contribution is -2.29. The van der Waals surface area contributed by atoms with Crippen LogP contribution in [-0.4, -0.2) is 42.2 Å². The van der Waals surface area contributed by atoms with E-state index in [1.807, 2.05) is 0 Å². The number of carboxylic acids is 1. The molecule has 0 saturated carbocycles. The molecule has 0 radical (unpaired) electrons. The Labute approximate surface area is 120 Å². The van der Waals surface area contributed by atoms with Crippen molar-refractivity contribution >= 4 is 5.97 Å². The summed E-state index contributed by atoms with van der Waals surface area (Å²) >= 11 is 0. The average molecular weight is 277 g/mol. The summed E-state index contributed by atoms with van der Waals surface area (Å²) in [6.45, 7) is 6.23. The van der Waals surface area contributed by atoms with Crippen molar-refractivity contribution in [1.82, 2.24) is 4.90 Å². The van der Waals surface area contributed by atoms with Gasteiger partial charge in [0.15, 0.2) is 0 Å². The monoisotopic (exact) mass is 277 g/mol. The second kappa shape index (κ2) is 7.29. The molecule has 1 heterocycles. The van der Waals surface area contributed by atoms with Gasteiger partial charge in [-0.3, -0.25) is 4.90 Å². The molecule has 4 heteroatoms. The first kappa shape index (κ1) is 14.9. The minimum Gasteiger partial charge on any atom is -0.492 e. The van der Waals surface area contributed by atoms with Crippen LogP contribution < -0.4 is 4.74 Å². The van der Waals surface area contributed by atoms with Gasteiger partial charge in [0.2, 0.25) is 0 Å². The van der Waals surface area contributed by atoms with Crippen LogP contribution in [0.2, 0.25) is 0 Å². The van der Waals surface area contributed by atoms with Gasteiger partial charge < -0.3 is 9.84 Å². The predicted octanol–water partition coefficient (Wildman–Crippen LogP) is 2.89. The maximum absolute atomic E-state index is 10.7. The number of carboxylic acid groups (broad SMARTS) is 1. The normalized spacial score (nSPS) is 20.4. The summed E-state index contributed by atoms with van der Waals surface area (Å²) in [4.78, 5) is 13.2. The first-order valence-corrected chi connectivity index (χ1v) is 7.33. The number of nitrogens with zero attached hydrogens (tertiary/aromatic N) is 1. The Morgan fingerprint density at radius 2 is 2.05 bits per heavy atom. The molecular formula is C16H23NO3. The van der Waals surface area contributed by atoms with Crippen LogP contribution in [0.3, 0.4) is 0 Å². The highest BCUT2D eigenvalue weighted by Crippen LogP contribution is 2.16. The van der Waals surface area contributed by atoms with E-state index in [2.05, 4.69) is 11.8 Å². The van der Waals surface area contributed by atoms with Gasteiger partial charge in [-0.2, -0.15) is 0 Å². The van der Waals surface area contributed by atoms with Crippen molar-refractivity contribution < 1.29 is 14.6 Å². The molecule has 0 spiro atoms. The average Bonchev–Trinajstić information content (AvgIpc) is 2.64. The maximum atomic E-state index is 10.7. The number of hydrogen-bond donors (Lipinski definition) is 1. The number of ether oxygens (including phenoxy) is 1. The number of rotatable bonds is 5. The molecule has 0 amide bonds.